The number of fused-ring (bicyclic) bond motifs is 1. The Kier molecular flexibility index (Phi) is 3.31. The highest BCUT2D eigenvalue weighted by atomic mass is 32.1. The molecule has 0 saturated heterocycles. The van der Waals surface area contributed by atoms with Gasteiger partial charge in [0.1, 0.15) is 5.69 Å². The van der Waals surface area contributed by atoms with E-state index in [0.717, 1.165) is 11.4 Å². The van der Waals surface area contributed by atoms with Gasteiger partial charge in [0.25, 0.3) is 5.91 Å². The molecule has 2 aromatic rings. The summed E-state index contributed by atoms with van der Waals surface area (Å²) in [5.74, 6) is 0.00993. The van der Waals surface area contributed by atoms with Crippen LogP contribution >= 0.6 is 11.3 Å². The van der Waals surface area contributed by atoms with Crippen molar-refractivity contribution in [2.24, 2.45) is 5.73 Å². The van der Waals surface area contributed by atoms with Crippen molar-refractivity contribution in [3.05, 3.63) is 51.5 Å². The van der Waals surface area contributed by atoms with E-state index in [1.54, 1.807) is 0 Å². The Bertz CT molecular complexity index is 583. The lowest BCUT2D eigenvalue weighted by Crippen LogP contribution is -2.25. The molecule has 1 aromatic heterocycles. The van der Waals surface area contributed by atoms with E-state index in [2.05, 4.69) is 17.1 Å². The molecule has 2 N–H and O–H groups in total. The minimum absolute atomic E-state index is 0.00993. The summed E-state index contributed by atoms with van der Waals surface area (Å²) >= 11 is 1.51. The Labute approximate surface area is 115 Å². The van der Waals surface area contributed by atoms with Crippen molar-refractivity contribution in [1.82, 2.24) is 9.88 Å². The predicted octanol–water partition coefficient (Wildman–Crippen LogP) is 1.80. The zero-order chi connectivity index (χ0) is 13.2. The summed E-state index contributed by atoms with van der Waals surface area (Å²) in [7, 11) is 0. The van der Waals surface area contributed by atoms with Gasteiger partial charge in [0, 0.05) is 24.9 Å². The zero-order valence-electron chi connectivity index (χ0n) is 10.5. The standard InChI is InChI=1S/C14H15N3OS/c15-6-5-13-16-12(9-19-13)14(18)17-7-10-3-1-2-4-11(10)8-17/h1-4,9H,5-8,15H2. The van der Waals surface area contributed by atoms with E-state index in [0.29, 0.717) is 25.3 Å². The summed E-state index contributed by atoms with van der Waals surface area (Å²) in [5, 5.41) is 2.76. The number of rotatable bonds is 3. The SMILES string of the molecule is NCCc1nc(C(=O)N2Cc3ccccc3C2)cs1. The number of hydrogen-bond donors (Lipinski definition) is 1. The molecule has 1 aliphatic heterocycles. The molecule has 1 aliphatic rings. The Balaban J connectivity index is 1.75. The van der Waals surface area contributed by atoms with Crippen LogP contribution in [0.1, 0.15) is 26.6 Å². The second-order valence-electron chi connectivity index (χ2n) is 4.60. The largest absolute Gasteiger partial charge is 0.330 e. The number of aromatic nitrogens is 1. The van der Waals surface area contributed by atoms with Crippen LogP contribution < -0.4 is 5.73 Å². The van der Waals surface area contributed by atoms with Gasteiger partial charge in [0.05, 0.1) is 5.01 Å². The molecule has 98 valence electrons. The molecule has 1 aromatic carbocycles. The van der Waals surface area contributed by atoms with Gasteiger partial charge >= 0.3 is 0 Å². The first-order valence-corrected chi connectivity index (χ1v) is 7.16. The normalized spacial score (nSPS) is 13.6. The van der Waals surface area contributed by atoms with Gasteiger partial charge in [-0.2, -0.15) is 0 Å². The third-order valence-electron chi connectivity index (χ3n) is 3.26. The van der Waals surface area contributed by atoms with E-state index in [1.807, 2.05) is 22.4 Å². The van der Waals surface area contributed by atoms with E-state index >= 15 is 0 Å². The first-order valence-electron chi connectivity index (χ1n) is 6.28. The quantitative estimate of drug-likeness (QED) is 0.927. The Hall–Kier alpha value is -1.72. The van der Waals surface area contributed by atoms with Gasteiger partial charge in [-0.05, 0) is 17.7 Å². The molecule has 0 saturated carbocycles. The highest BCUT2D eigenvalue weighted by Gasteiger charge is 2.25. The predicted molar refractivity (Wildman–Crippen MR) is 74.9 cm³/mol. The summed E-state index contributed by atoms with van der Waals surface area (Å²) in [6.45, 7) is 1.92. The summed E-state index contributed by atoms with van der Waals surface area (Å²) in [4.78, 5) is 18.6. The minimum atomic E-state index is 0.00993. The number of nitrogens with two attached hydrogens (primary N) is 1. The van der Waals surface area contributed by atoms with E-state index in [9.17, 15) is 4.79 Å². The number of carbonyl (C=O) groups is 1. The number of nitrogens with zero attached hydrogens (tertiary/aromatic N) is 2. The zero-order valence-corrected chi connectivity index (χ0v) is 11.3. The molecule has 0 atom stereocenters. The molecule has 0 radical (unpaired) electrons. The number of hydrogen-bond acceptors (Lipinski definition) is 4. The Morgan fingerprint density at radius 3 is 2.63 bits per heavy atom. The molecule has 5 heteroatoms. The van der Waals surface area contributed by atoms with Crippen molar-refractivity contribution in [1.29, 1.82) is 0 Å². The molecule has 1 amide bonds. The topological polar surface area (TPSA) is 59.2 Å². The fourth-order valence-electron chi connectivity index (χ4n) is 2.29. The van der Waals surface area contributed by atoms with E-state index < -0.39 is 0 Å². The van der Waals surface area contributed by atoms with Crippen LogP contribution in [-0.2, 0) is 19.5 Å². The molecule has 0 unspecified atom stereocenters. The van der Waals surface area contributed by atoms with Crippen molar-refractivity contribution in [2.75, 3.05) is 6.54 Å². The van der Waals surface area contributed by atoms with Gasteiger partial charge in [-0.3, -0.25) is 4.79 Å². The molecular weight excluding hydrogens is 258 g/mol. The second kappa shape index (κ2) is 5.11. The van der Waals surface area contributed by atoms with Crippen LogP contribution in [0.5, 0.6) is 0 Å². The monoisotopic (exact) mass is 273 g/mol. The van der Waals surface area contributed by atoms with Crippen LogP contribution in [0.15, 0.2) is 29.6 Å². The number of benzene rings is 1. The van der Waals surface area contributed by atoms with Crippen molar-refractivity contribution in [2.45, 2.75) is 19.5 Å². The third kappa shape index (κ3) is 2.39. The van der Waals surface area contributed by atoms with Gasteiger partial charge < -0.3 is 10.6 Å². The molecule has 4 nitrogen and oxygen atoms in total. The second-order valence-corrected chi connectivity index (χ2v) is 5.54. The molecule has 3 rings (SSSR count). The van der Waals surface area contributed by atoms with Gasteiger partial charge in [0.15, 0.2) is 0 Å². The van der Waals surface area contributed by atoms with Crippen LogP contribution in [0.4, 0.5) is 0 Å². The van der Waals surface area contributed by atoms with E-state index in [4.69, 9.17) is 5.73 Å². The molecular formula is C14H15N3OS. The minimum Gasteiger partial charge on any atom is -0.330 e. The Morgan fingerprint density at radius 1 is 1.32 bits per heavy atom. The smallest absolute Gasteiger partial charge is 0.273 e. The molecule has 19 heavy (non-hydrogen) atoms. The summed E-state index contributed by atoms with van der Waals surface area (Å²) in [6, 6.07) is 8.16. The average Bonchev–Trinajstić information content (AvgIpc) is 3.04. The van der Waals surface area contributed by atoms with Crippen LogP contribution in [0.3, 0.4) is 0 Å². The van der Waals surface area contributed by atoms with E-state index in [1.165, 1.54) is 22.5 Å². The fourth-order valence-corrected chi connectivity index (χ4v) is 3.07. The van der Waals surface area contributed by atoms with Crippen LogP contribution in [-0.4, -0.2) is 22.3 Å². The summed E-state index contributed by atoms with van der Waals surface area (Å²) in [5.41, 5.74) is 8.50. The average molecular weight is 273 g/mol. The highest BCUT2D eigenvalue weighted by Crippen LogP contribution is 2.24. The van der Waals surface area contributed by atoms with Crippen molar-refractivity contribution in [3.63, 3.8) is 0 Å². The third-order valence-corrected chi connectivity index (χ3v) is 4.17. The Morgan fingerprint density at radius 2 is 2.00 bits per heavy atom. The van der Waals surface area contributed by atoms with Crippen LogP contribution in [0.2, 0.25) is 0 Å². The van der Waals surface area contributed by atoms with Gasteiger partial charge in [-0.1, -0.05) is 24.3 Å². The summed E-state index contributed by atoms with van der Waals surface area (Å²) < 4.78 is 0. The number of thiazole rings is 1. The van der Waals surface area contributed by atoms with Gasteiger partial charge in [0.2, 0.25) is 0 Å². The molecule has 0 fully saturated rings. The number of carbonyl (C=O) groups excluding carboxylic acids is 1. The molecule has 0 aliphatic carbocycles. The van der Waals surface area contributed by atoms with Crippen LogP contribution in [0, 0.1) is 0 Å². The fraction of sp³-hybridized carbons (Fsp3) is 0.286. The highest BCUT2D eigenvalue weighted by molar-refractivity contribution is 7.09. The molecule has 0 bridgehead atoms. The van der Waals surface area contributed by atoms with Gasteiger partial charge in [-0.15, -0.1) is 11.3 Å². The summed E-state index contributed by atoms with van der Waals surface area (Å²) in [6.07, 6.45) is 0.734. The van der Waals surface area contributed by atoms with Crippen molar-refractivity contribution in [3.8, 4) is 0 Å². The van der Waals surface area contributed by atoms with Gasteiger partial charge in [-0.25, -0.2) is 4.98 Å². The maximum Gasteiger partial charge on any atom is 0.273 e. The molecule has 0 spiro atoms. The first-order chi connectivity index (χ1) is 9.28. The van der Waals surface area contributed by atoms with Crippen LogP contribution in [0.25, 0.3) is 0 Å². The first kappa shape index (κ1) is 12.3. The number of amides is 1. The lowest BCUT2D eigenvalue weighted by atomic mass is 10.1. The van der Waals surface area contributed by atoms with Crippen molar-refractivity contribution >= 4 is 17.2 Å². The lowest BCUT2D eigenvalue weighted by molar-refractivity contribution is 0.0746. The maximum atomic E-state index is 12.4. The maximum absolute atomic E-state index is 12.4. The van der Waals surface area contributed by atoms with Crippen molar-refractivity contribution < 1.29 is 4.79 Å². The van der Waals surface area contributed by atoms with E-state index in [-0.39, 0.29) is 5.91 Å². The molecule has 2 heterocycles. The lowest BCUT2D eigenvalue weighted by Gasteiger charge is -2.13.